The van der Waals surface area contributed by atoms with Crippen LogP contribution < -0.4 is 9.47 Å². The lowest BCUT2D eigenvalue weighted by Crippen LogP contribution is -2.63. The van der Waals surface area contributed by atoms with Crippen LogP contribution in [0.2, 0.25) is 0 Å². The third-order valence-electron chi connectivity index (χ3n) is 3.96. The first kappa shape index (κ1) is 23.2. The molecule has 0 saturated carbocycles. The summed E-state index contributed by atoms with van der Waals surface area (Å²) in [4.78, 5) is 35.0. The van der Waals surface area contributed by atoms with E-state index in [4.69, 9.17) is 28.4 Å². The van der Waals surface area contributed by atoms with Crippen LogP contribution in [0.25, 0.3) is 0 Å². The van der Waals surface area contributed by atoms with E-state index in [-0.39, 0.29) is 0 Å². The molecule has 5 atom stereocenters. The maximum Gasteiger partial charge on any atom is 0.303 e. The number of ether oxygens (including phenoxy) is 6. The number of halogens is 1. The molecular weight excluding hydrogens is 499 g/mol. The molecule has 0 spiro atoms. The average molecular weight is 522 g/mol. The molecular formula is C19H23IO9. The zero-order valence-electron chi connectivity index (χ0n) is 16.5. The number of esters is 3. The maximum atomic E-state index is 11.7. The summed E-state index contributed by atoms with van der Waals surface area (Å²) in [5.41, 5.74) is 0. The van der Waals surface area contributed by atoms with E-state index < -0.39 is 48.6 Å². The van der Waals surface area contributed by atoms with E-state index in [1.807, 2.05) is 0 Å². The minimum atomic E-state index is -1.15. The number of carbonyl (C=O) groups excluding carboxylic acids is 3. The summed E-state index contributed by atoms with van der Waals surface area (Å²) in [6.45, 7) is 3.65. The molecule has 0 N–H and O–H groups in total. The van der Waals surface area contributed by atoms with E-state index in [0.29, 0.717) is 15.9 Å². The van der Waals surface area contributed by atoms with Crippen LogP contribution in [0.5, 0.6) is 11.5 Å². The van der Waals surface area contributed by atoms with E-state index in [1.54, 1.807) is 31.4 Å². The van der Waals surface area contributed by atoms with E-state index in [0.717, 1.165) is 0 Å². The molecule has 2 rings (SSSR count). The van der Waals surface area contributed by atoms with E-state index in [9.17, 15) is 14.4 Å². The van der Waals surface area contributed by atoms with Gasteiger partial charge in [-0.15, -0.1) is 0 Å². The second-order valence-corrected chi connectivity index (χ2v) is 7.09. The van der Waals surface area contributed by atoms with Gasteiger partial charge in [0.2, 0.25) is 12.4 Å². The Bertz CT molecular complexity index is 721. The van der Waals surface area contributed by atoms with Gasteiger partial charge in [-0.3, -0.25) is 14.4 Å². The van der Waals surface area contributed by atoms with Crippen LogP contribution in [0.1, 0.15) is 20.8 Å². The molecule has 0 unspecified atom stereocenters. The Balaban J connectivity index is 2.37. The summed E-state index contributed by atoms with van der Waals surface area (Å²) in [6, 6.07) is 6.70. The molecule has 160 valence electrons. The molecule has 0 radical (unpaired) electrons. The number of rotatable bonds is 7. The summed E-state index contributed by atoms with van der Waals surface area (Å²) in [7, 11) is 1.54. The first-order valence-corrected chi connectivity index (χ1v) is 10.3. The van der Waals surface area contributed by atoms with Gasteiger partial charge in [0, 0.05) is 25.2 Å². The van der Waals surface area contributed by atoms with Gasteiger partial charge in [0.1, 0.15) is 17.6 Å². The summed E-state index contributed by atoms with van der Waals surface area (Å²) in [5, 5.41) is 0. The Morgan fingerprint density at radius 1 is 0.862 bits per heavy atom. The van der Waals surface area contributed by atoms with Crippen LogP contribution in [0.15, 0.2) is 24.3 Å². The Morgan fingerprint density at radius 3 is 1.83 bits per heavy atom. The highest BCUT2D eigenvalue weighted by molar-refractivity contribution is 14.1. The molecule has 10 heteroatoms. The normalized spacial score (nSPS) is 26.2. The molecule has 1 aliphatic heterocycles. The lowest BCUT2D eigenvalue weighted by molar-refractivity contribution is -0.279. The lowest BCUT2D eigenvalue weighted by Gasteiger charge is -2.43. The predicted octanol–water partition coefficient (Wildman–Crippen LogP) is 2.03. The van der Waals surface area contributed by atoms with E-state index in [1.165, 1.54) is 20.8 Å². The van der Waals surface area contributed by atoms with Crippen molar-refractivity contribution in [3.8, 4) is 11.5 Å². The molecule has 0 bridgehead atoms. The minimum Gasteiger partial charge on any atom is -0.497 e. The molecule has 1 aromatic carbocycles. The molecule has 1 aromatic rings. The van der Waals surface area contributed by atoms with Crippen molar-refractivity contribution in [2.45, 2.75) is 51.5 Å². The van der Waals surface area contributed by atoms with Gasteiger partial charge in [-0.05, 0) is 24.3 Å². The van der Waals surface area contributed by atoms with Crippen molar-refractivity contribution >= 4 is 40.5 Å². The van der Waals surface area contributed by atoms with Crippen LogP contribution in [0, 0.1) is 0 Å². The Morgan fingerprint density at radius 2 is 1.34 bits per heavy atom. The summed E-state index contributed by atoms with van der Waals surface area (Å²) in [5.74, 6) is -0.777. The Hall–Kier alpha value is -2.08. The second-order valence-electron chi connectivity index (χ2n) is 6.21. The van der Waals surface area contributed by atoms with Gasteiger partial charge in [0.05, 0.1) is 7.11 Å². The van der Waals surface area contributed by atoms with Gasteiger partial charge < -0.3 is 28.4 Å². The van der Waals surface area contributed by atoms with Crippen molar-refractivity contribution < 1.29 is 42.8 Å². The van der Waals surface area contributed by atoms with Gasteiger partial charge in [0.15, 0.2) is 12.2 Å². The largest absolute Gasteiger partial charge is 0.497 e. The number of carbonyl (C=O) groups is 3. The van der Waals surface area contributed by atoms with Gasteiger partial charge in [-0.1, -0.05) is 22.6 Å². The third-order valence-corrected chi connectivity index (χ3v) is 4.83. The van der Waals surface area contributed by atoms with Crippen LogP contribution in [-0.4, -0.2) is 60.2 Å². The zero-order valence-corrected chi connectivity index (χ0v) is 18.6. The number of alkyl halides is 1. The number of methoxy groups -OCH3 is 1. The first-order valence-electron chi connectivity index (χ1n) is 8.79. The zero-order chi connectivity index (χ0) is 21.6. The van der Waals surface area contributed by atoms with Crippen LogP contribution in [0.4, 0.5) is 0 Å². The van der Waals surface area contributed by atoms with Crippen molar-refractivity contribution in [2.24, 2.45) is 0 Å². The van der Waals surface area contributed by atoms with Crippen LogP contribution in [-0.2, 0) is 33.3 Å². The van der Waals surface area contributed by atoms with Gasteiger partial charge in [0.25, 0.3) is 0 Å². The lowest BCUT2D eigenvalue weighted by atomic mass is 9.99. The molecule has 1 fully saturated rings. The minimum absolute atomic E-state index is 0.405. The highest BCUT2D eigenvalue weighted by Gasteiger charge is 2.52. The monoisotopic (exact) mass is 522 g/mol. The van der Waals surface area contributed by atoms with E-state index in [2.05, 4.69) is 22.6 Å². The van der Waals surface area contributed by atoms with Crippen molar-refractivity contribution in [3.05, 3.63) is 24.3 Å². The van der Waals surface area contributed by atoms with Crippen molar-refractivity contribution in [1.82, 2.24) is 0 Å². The molecule has 0 amide bonds. The molecule has 29 heavy (non-hydrogen) atoms. The SMILES string of the molecule is COc1ccc(O[C@H]2O[C@H](CI)[C@@H](OC(C)=O)[C@H](OC(C)=O)[C@H]2OC(C)=O)cc1. The smallest absolute Gasteiger partial charge is 0.303 e. The van der Waals surface area contributed by atoms with Crippen molar-refractivity contribution in [1.29, 1.82) is 0 Å². The molecule has 0 aliphatic carbocycles. The fourth-order valence-electron chi connectivity index (χ4n) is 2.86. The second kappa shape index (κ2) is 10.6. The van der Waals surface area contributed by atoms with Crippen LogP contribution in [0.3, 0.4) is 0 Å². The van der Waals surface area contributed by atoms with Gasteiger partial charge in [-0.25, -0.2) is 0 Å². The van der Waals surface area contributed by atoms with E-state index >= 15 is 0 Å². The van der Waals surface area contributed by atoms with Gasteiger partial charge >= 0.3 is 17.9 Å². The quantitative estimate of drug-likeness (QED) is 0.230. The molecule has 1 aliphatic rings. The molecule has 9 nitrogen and oxygen atoms in total. The van der Waals surface area contributed by atoms with Crippen molar-refractivity contribution in [2.75, 3.05) is 11.5 Å². The average Bonchev–Trinajstić information content (AvgIpc) is 2.65. The highest BCUT2D eigenvalue weighted by Crippen LogP contribution is 2.31. The predicted molar refractivity (Wildman–Crippen MR) is 108 cm³/mol. The maximum absolute atomic E-state index is 11.7. The first-order chi connectivity index (χ1) is 13.7. The summed E-state index contributed by atoms with van der Waals surface area (Å²) < 4.78 is 33.4. The fraction of sp³-hybridized carbons (Fsp3) is 0.526. The number of benzene rings is 1. The number of hydrogen-bond acceptors (Lipinski definition) is 9. The van der Waals surface area contributed by atoms with Gasteiger partial charge in [-0.2, -0.15) is 0 Å². The Labute approximate surface area is 182 Å². The third kappa shape index (κ3) is 6.46. The number of hydrogen-bond donors (Lipinski definition) is 0. The molecule has 0 aromatic heterocycles. The molecule has 1 heterocycles. The standard InChI is InChI=1S/C19H23IO9/c1-10(21)25-16-15(9-20)29-19(28-14-7-5-13(24-4)6-8-14)18(27-12(3)23)17(16)26-11(2)22/h5-8,15-19H,9H2,1-4H3/t15-,16-,17+,18-,19+/m1/s1. The fourth-order valence-corrected chi connectivity index (χ4v) is 3.57. The summed E-state index contributed by atoms with van der Waals surface area (Å²) in [6.07, 6.45) is -4.96. The van der Waals surface area contributed by atoms with Crippen LogP contribution >= 0.6 is 22.6 Å². The Kier molecular flexibility index (Phi) is 8.50. The topological polar surface area (TPSA) is 107 Å². The summed E-state index contributed by atoms with van der Waals surface area (Å²) >= 11 is 2.06. The van der Waals surface area contributed by atoms with Crippen molar-refractivity contribution in [3.63, 3.8) is 0 Å². The highest BCUT2D eigenvalue weighted by atomic mass is 127. The molecule has 1 saturated heterocycles.